The SMILES string of the molecule is [B]c1cccc2sc3cccc(-c4ccccc4)c3c12. The number of hydrogen-bond acceptors (Lipinski definition) is 1. The topological polar surface area (TPSA) is 0 Å². The molecule has 92 valence electrons. The van der Waals surface area contributed by atoms with E-state index in [4.69, 9.17) is 7.85 Å². The smallest absolute Gasteiger partial charge is 0.114 e. The van der Waals surface area contributed by atoms with Gasteiger partial charge in [-0.1, -0.05) is 60.1 Å². The maximum absolute atomic E-state index is 6.22. The van der Waals surface area contributed by atoms with Gasteiger partial charge in [0.25, 0.3) is 0 Å². The molecule has 0 bridgehead atoms. The average Bonchev–Trinajstić information content (AvgIpc) is 2.88. The molecule has 0 atom stereocenters. The molecule has 0 unspecified atom stereocenters. The first-order chi connectivity index (χ1) is 9.84. The predicted molar refractivity (Wildman–Crippen MR) is 90.2 cm³/mol. The van der Waals surface area contributed by atoms with Crippen molar-refractivity contribution in [3.05, 3.63) is 66.7 Å². The molecule has 0 aliphatic heterocycles. The molecule has 2 radical (unpaired) electrons. The van der Waals surface area contributed by atoms with Crippen molar-refractivity contribution in [2.45, 2.75) is 0 Å². The maximum Gasteiger partial charge on any atom is 0.114 e. The molecule has 0 aliphatic carbocycles. The van der Waals surface area contributed by atoms with Crippen molar-refractivity contribution in [3.63, 3.8) is 0 Å². The number of fused-ring (bicyclic) bond motifs is 3. The highest BCUT2D eigenvalue weighted by atomic mass is 32.1. The van der Waals surface area contributed by atoms with Gasteiger partial charge in [0, 0.05) is 14.8 Å². The molecule has 4 aromatic rings. The van der Waals surface area contributed by atoms with Crippen molar-refractivity contribution in [3.8, 4) is 11.1 Å². The molecule has 0 nitrogen and oxygen atoms in total. The summed E-state index contributed by atoms with van der Waals surface area (Å²) in [6.07, 6.45) is 0. The summed E-state index contributed by atoms with van der Waals surface area (Å²) in [4.78, 5) is 0. The first-order valence-corrected chi connectivity index (χ1v) is 7.41. The third-order valence-electron chi connectivity index (χ3n) is 3.64. The van der Waals surface area contributed by atoms with Crippen LogP contribution in [0.1, 0.15) is 0 Å². The summed E-state index contributed by atoms with van der Waals surface area (Å²) >= 11 is 1.80. The molecule has 0 fully saturated rings. The van der Waals surface area contributed by atoms with Crippen LogP contribution in [-0.4, -0.2) is 7.85 Å². The molecule has 1 aromatic heterocycles. The minimum absolute atomic E-state index is 0.858. The average molecular weight is 270 g/mol. The fourth-order valence-corrected chi connectivity index (χ4v) is 3.92. The van der Waals surface area contributed by atoms with Crippen LogP contribution >= 0.6 is 11.3 Å². The largest absolute Gasteiger partial charge is 0.135 e. The first-order valence-electron chi connectivity index (χ1n) is 6.60. The summed E-state index contributed by atoms with van der Waals surface area (Å²) in [7, 11) is 6.22. The van der Waals surface area contributed by atoms with E-state index in [0.717, 1.165) is 5.46 Å². The van der Waals surface area contributed by atoms with Crippen LogP contribution in [-0.2, 0) is 0 Å². The highest BCUT2D eigenvalue weighted by Gasteiger charge is 2.11. The van der Waals surface area contributed by atoms with Crippen molar-refractivity contribution in [2.75, 3.05) is 0 Å². The van der Waals surface area contributed by atoms with Gasteiger partial charge in [-0.05, 0) is 28.6 Å². The van der Waals surface area contributed by atoms with Gasteiger partial charge in [0.15, 0.2) is 0 Å². The van der Waals surface area contributed by atoms with E-state index < -0.39 is 0 Å². The zero-order chi connectivity index (χ0) is 13.5. The maximum atomic E-state index is 6.22. The van der Waals surface area contributed by atoms with Crippen LogP contribution < -0.4 is 5.46 Å². The van der Waals surface area contributed by atoms with Crippen LogP contribution in [0.15, 0.2) is 66.7 Å². The molecule has 1 heterocycles. The van der Waals surface area contributed by atoms with Crippen molar-refractivity contribution < 1.29 is 0 Å². The second-order valence-electron chi connectivity index (χ2n) is 4.87. The molecular weight excluding hydrogens is 259 g/mol. The Balaban J connectivity index is 2.20. The summed E-state index contributed by atoms with van der Waals surface area (Å²) in [5, 5.41) is 2.46. The lowest BCUT2D eigenvalue weighted by Gasteiger charge is -2.05. The third-order valence-corrected chi connectivity index (χ3v) is 4.76. The minimum atomic E-state index is 0.858. The van der Waals surface area contributed by atoms with E-state index in [2.05, 4.69) is 48.5 Å². The zero-order valence-electron chi connectivity index (χ0n) is 10.8. The Kier molecular flexibility index (Phi) is 2.64. The fourth-order valence-electron chi connectivity index (χ4n) is 2.75. The summed E-state index contributed by atoms with van der Waals surface area (Å²) in [6, 6.07) is 23.1. The van der Waals surface area contributed by atoms with Crippen LogP contribution in [0.5, 0.6) is 0 Å². The minimum Gasteiger partial charge on any atom is -0.135 e. The lowest BCUT2D eigenvalue weighted by molar-refractivity contribution is 1.67. The number of benzene rings is 3. The fraction of sp³-hybridized carbons (Fsp3) is 0. The Labute approximate surface area is 123 Å². The zero-order valence-corrected chi connectivity index (χ0v) is 11.7. The van der Waals surface area contributed by atoms with Crippen molar-refractivity contribution in [1.82, 2.24) is 0 Å². The molecule has 0 spiro atoms. The van der Waals surface area contributed by atoms with E-state index in [0.29, 0.717) is 0 Å². The summed E-state index contributed by atoms with van der Waals surface area (Å²) in [5.74, 6) is 0. The Hall–Kier alpha value is -2.06. The highest BCUT2D eigenvalue weighted by molar-refractivity contribution is 7.26. The van der Waals surface area contributed by atoms with Gasteiger partial charge in [0.2, 0.25) is 0 Å². The lowest BCUT2D eigenvalue weighted by atomic mass is 9.89. The van der Waals surface area contributed by atoms with Gasteiger partial charge in [0.1, 0.15) is 7.85 Å². The third kappa shape index (κ3) is 1.69. The summed E-state index contributed by atoms with van der Waals surface area (Å²) in [6.45, 7) is 0. The molecular formula is C18H11BS. The number of rotatable bonds is 1. The summed E-state index contributed by atoms with van der Waals surface area (Å²) in [5.41, 5.74) is 3.35. The Morgan fingerprint density at radius 1 is 0.650 bits per heavy atom. The first kappa shape index (κ1) is 11.7. The van der Waals surface area contributed by atoms with Gasteiger partial charge in [-0.25, -0.2) is 0 Å². The van der Waals surface area contributed by atoms with Crippen molar-refractivity contribution in [2.24, 2.45) is 0 Å². The summed E-state index contributed by atoms with van der Waals surface area (Å²) < 4.78 is 2.54. The molecule has 0 saturated carbocycles. The molecule has 2 heteroatoms. The monoisotopic (exact) mass is 270 g/mol. The van der Waals surface area contributed by atoms with Gasteiger partial charge in [-0.15, -0.1) is 11.3 Å². The molecule has 0 N–H and O–H groups in total. The molecule has 3 aromatic carbocycles. The molecule has 4 rings (SSSR count). The van der Waals surface area contributed by atoms with E-state index in [1.807, 2.05) is 18.2 Å². The van der Waals surface area contributed by atoms with Gasteiger partial charge in [0.05, 0.1) is 0 Å². The van der Waals surface area contributed by atoms with E-state index >= 15 is 0 Å². The van der Waals surface area contributed by atoms with Crippen LogP contribution in [0.3, 0.4) is 0 Å². The van der Waals surface area contributed by atoms with Gasteiger partial charge in [-0.3, -0.25) is 0 Å². The van der Waals surface area contributed by atoms with E-state index in [1.54, 1.807) is 11.3 Å². The molecule has 0 aliphatic rings. The van der Waals surface area contributed by atoms with Gasteiger partial charge < -0.3 is 0 Å². The van der Waals surface area contributed by atoms with Crippen LogP contribution in [0.2, 0.25) is 0 Å². The highest BCUT2D eigenvalue weighted by Crippen LogP contribution is 2.38. The number of thiophene rings is 1. The Morgan fingerprint density at radius 2 is 1.35 bits per heavy atom. The van der Waals surface area contributed by atoms with E-state index in [1.165, 1.54) is 31.3 Å². The van der Waals surface area contributed by atoms with Crippen LogP contribution in [0.25, 0.3) is 31.3 Å². The van der Waals surface area contributed by atoms with E-state index in [-0.39, 0.29) is 0 Å². The quantitative estimate of drug-likeness (QED) is 0.446. The Morgan fingerprint density at radius 3 is 2.15 bits per heavy atom. The number of hydrogen-bond donors (Lipinski definition) is 0. The molecule has 20 heavy (non-hydrogen) atoms. The standard InChI is InChI=1S/C18H11BS/c19-14-9-5-11-16-18(14)17-13(8-4-10-15(17)20-16)12-6-2-1-3-7-12/h1-11H. The lowest BCUT2D eigenvalue weighted by Crippen LogP contribution is -2.01. The molecule has 0 saturated heterocycles. The normalized spacial score (nSPS) is 11.2. The second kappa shape index (κ2) is 4.50. The predicted octanol–water partition coefficient (Wildman–Crippen LogP) is 4.52. The van der Waals surface area contributed by atoms with Gasteiger partial charge in [-0.2, -0.15) is 0 Å². The van der Waals surface area contributed by atoms with Crippen molar-refractivity contribution in [1.29, 1.82) is 0 Å². The second-order valence-corrected chi connectivity index (χ2v) is 5.95. The molecule has 0 amide bonds. The van der Waals surface area contributed by atoms with E-state index in [9.17, 15) is 0 Å². The van der Waals surface area contributed by atoms with Crippen molar-refractivity contribution >= 4 is 44.8 Å². The van der Waals surface area contributed by atoms with Crippen LogP contribution in [0, 0.1) is 0 Å². The Bertz CT molecular complexity index is 907. The van der Waals surface area contributed by atoms with Crippen LogP contribution in [0.4, 0.5) is 0 Å². The van der Waals surface area contributed by atoms with Gasteiger partial charge >= 0.3 is 0 Å².